The summed E-state index contributed by atoms with van der Waals surface area (Å²) in [5.74, 6) is -0.891. The molecule has 9 heavy (non-hydrogen) atoms. The van der Waals surface area contributed by atoms with Crippen LogP contribution in [-0.2, 0) is 4.79 Å². The van der Waals surface area contributed by atoms with E-state index in [9.17, 15) is 4.79 Å². The molecule has 1 rings (SSSR count). The van der Waals surface area contributed by atoms with Crippen molar-refractivity contribution in [2.45, 2.75) is 25.3 Å². The van der Waals surface area contributed by atoms with Gasteiger partial charge < -0.3 is 10.8 Å². The van der Waals surface area contributed by atoms with E-state index < -0.39 is 5.97 Å². The minimum Gasteiger partial charge on any atom is -0.481 e. The van der Waals surface area contributed by atoms with Crippen LogP contribution in [0.25, 0.3) is 0 Å². The molecule has 1 aliphatic rings. The first kappa shape index (κ1) is 6.55. The van der Waals surface area contributed by atoms with Gasteiger partial charge in [0.15, 0.2) is 0 Å². The second-order valence-corrected chi connectivity index (χ2v) is 3.10. The highest BCUT2D eigenvalue weighted by Crippen LogP contribution is 2.34. The molecule has 0 aromatic carbocycles. The number of aliphatic carboxylic acids is 1. The van der Waals surface area contributed by atoms with Crippen LogP contribution in [0.3, 0.4) is 0 Å². The molecule has 0 aromatic rings. The molecular weight excluding hydrogens is 118 g/mol. The number of nitrogens with two attached hydrogens (primary N) is 1. The summed E-state index contributed by atoms with van der Waals surface area (Å²) in [6.45, 7) is 1.88. The molecule has 0 saturated heterocycles. The van der Waals surface area contributed by atoms with Gasteiger partial charge in [-0.1, -0.05) is 0 Å². The summed E-state index contributed by atoms with van der Waals surface area (Å²) in [6.07, 6.45) is 1.25. The molecular formula is C6H11NO2. The molecule has 3 N–H and O–H groups in total. The van der Waals surface area contributed by atoms with Crippen LogP contribution >= 0.6 is 0 Å². The molecule has 0 spiro atoms. The molecule has 0 bridgehead atoms. The molecule has 1 saturated carbocycles. The Morgan fingerprint density at radius 2 is 2.22 bits per heavy atom. The van der Waals surface area contributed by atoms with Gasteiger partial charge in [0.05, 0.1) is 5.92 Å². The van der Waals surface area contributed by atoms with Crippen molar-refractivity contribution in [1.29, 1.82) is 0 Å². The number of carboxylic acid groups (broad SMARTS) is 1. The fraction of sp³-hybridized carbons (Fsp3) is 0.833. The maximum absolute atomic E-state index is 10.2. The van der Waals surface area contributed by atoms with Crippen molar-refractivity contribution in [3.63, 3.8) is 0 Å². The molecule has 52 valence electrons. The van der Waals surface area contributed by atoms with Crippen LogP contribution < -0.4 is 5.73 Å². The monoisotopic (exact) mass is 129 g/mol. The van der Waals surface area contributed by atoms with E-state index in [4.69, 9.17) is 10.8 Å². The maximum Gasteiger partial charge on any atom is 0.306 e. The highest BCUT2D eigenvalue weighted by Gasteiger charge is 2.40. The van der Waals surface area contributed by atoms with Crippen LogP contribution in [0.5, 0.6) is 0 Å². The van der Waals surface area contributed by atoms with Crippen molar-refractivity contribution in [2.24, 2.45) is 11.7 Å². The second kappa shape index (κ2) is 1.70. The van der Waals surface area contributed by atoms with Gasteiger partial charge in [-0.15, -0.1) is 0 Å². The van der Waals surface area contributed by atoms with E-state index in [1.165, 1.54) is 0 Å². The third-order valence-corrected chi connectivity index (χ3v) is 1.77. The Hall–Kier alpha value is -0.570. The largest absolute Gasteiger partial charge is 0.481 e. The Morgan fingerprint density at radius 1 is 1.78 bits per heavy atom. The molecule has 1 aliphatic carbocycles. The van der Waals surface area contributed by atoms with Gasteiger partial charge in [0, 0.05) is 5.54 Å². The van der Waals surface area contributed by atoms with Gasteiger partial charge >= 0.3 is 5.97 Å². The zero-order valence-electron chi connectivity index (χ0n) is 5.42. The van der Waals surface area contributed by atoms with Gasteiger partial charge in [0.2, 0.25) is 0 Å². The van der Waals surface area contributed by atoms with E-state index in [0.717, 1.165) is 0 Å². The van der Waals surface area contributed by atoms with Gasteiger partial charge in [-0.2, -0.15) is 0 Å². The van der Waals surface area contributed by atoms with Gasteiger partial charge in [0.25, 0.3) is 0 Å². The lowest BCUT2D eigenvalue weighted by molar-refractivity contribution is -0.146. The number of carboxylic acids is 1. The molecule has 0 heterocycles. The van der Waals surface area contributed by atoms with Crippen molar-refractivity contribution >= 4 is 5.97 Å². The first-order valence-electron chi connectivity index (χ1n) is 3.03. The second-order valence-electron chi connectivity index (χ2n) is 3.10. The van der Waals surface area contributed by atoms with Crippen LogP contribution in [-0.4, -0.2) is 16.6 Å². The summed E-state index contributed by atoms with van der Waals surface area (Å²) in [6, 6.07) is 0. The molecule has 0 aromatic heterocycles. The normalized spacial score (nSPS) is 41.8. The Bertz CT molecular complexity index is 134. The average Bonchev–Trinajstić information content (AvgIpc) is 1.59. The minimum absolute atomic E-state index is 0.181. The minimum atomic E-state index is -0.710. The SMILES string of the molecule is CC1(N)CC(C(=O)O)C1. The van der Waals surface area contributed by atoms with Crippen LogP contribution in [0.1, 0.15) is 19.8 Å². The molecule has 0 unspecified atom stereocenters. The first-order valence-corrected chi connectivity index (χ1v) is 3.03. The molecule has 1 fully saturated rings. The number of hydrogen-bond donors (Lipinski definition) is 2. The molecule has 0 amide bonds. The van der Waals surface area contributed by atoms with Crippen molar-refractivity contribution < 1.29 is 9.90 Å². The standard InChI is InChI=1S/C6H11NO2/c1-6(7)2-4(3-6)5(8)9/h4H,2-3,7H2,1H3,(H,8,9). The number of hydrogen-bond acceptors (Lipinski definition) is 2. The van der Waals surface area contributed by atoms with Crippen molar-refractivity contribution in [3.05, 3.63) is 0 Å². The van der Waals surface area contributed by atoms with E-state index in [0.29, 0.717) is 12.8 Å². The Balaban J connectivity index is 2.35. The van der Waals surface area contributed by atoms with E-state index >= 15 is 0 Å². The number of carbonyl (C=O) groups is 1. The average molecular weight is 129 g/mol. The van der Waals surface area contributed by atoms with Crippen molar-refractivity contribution in [1.82, 2.24) is 0 Å². The van der Waals surface area contributed by atoms with Crippen molar-refractivity contribution in [2.75, 3.05) is 0 Å². The van der Waals surface area contributed by atoms with Crippen LogP contribution in [0.4, 0.5) is 0 Å². The third-order valence-electron chi connectivity index (χ3n) is 1.77. The zero-order valence-corrected chi connectivity index (χ0v) is 5.42. The lowest BCUT2D eigenvalue weighted by Crippen LogP contribution is -2.51. The summed E-state index contributed by atoms with van der Waals surface area (Å²) in [5.41, 5.74) is 5.38. The quantitative estimate of drug-likeness (QED) is 0.531. The van der Waals surface area contributed by atoms with Gasteiger partial charge in [0.1, 0.15) is 0 Å². The van der Waals surface area contributed by atoms with Crippen LogP contribution in [0, 0.1) is 5.92 Å². The van der Waals surface area contributed by atoms with E-state index in [2.05, 4.69) is 0 Å². The summed E-state index contributed by atoms with van der Waals surface area (Å²) < 4.78 is 0. The molecule has 0 atom stereocenters. The summed E-state index contributed by atoms with van der Waals surface area (Å²) >= 11 is 0. The van der Waals surface area contributed by atoms with E-state index in [-0.39, 0.29) is 11.5 Å². The zero-order chi connectivity index (χ0) is 7.07. The maximum atomic E-state index is 10.2. The lowest BCUT2D eigenvalue weighted by Gasteiger charge is -2.39. The molecule has 3 heteroatoms. The highest BCUT2D eigenvalue weighted by molar-refractivity contribution is 5.71. The lowest BCUT2D eigenvalue weighted by atomic mass is 9.70. The molecule has 0 aliphatic heterocycles. The van der Waals surface area contributed by atoms with Crippen LogP contribution in [0.15, 0.2) is 0 Å². The van der Waals surface area contributed by atoms with E-state index in [1.54, 1.807) is 0 Å². The summed E-state index contributed by atoms with van der Waals surface area (Å²) in [4.78, 5) is 10.2. The topological polar surface area (TPSA) is 63.3 Å². The Kier molecular flexibility index (Phi) is 1.24. The smallest absolute Gasteiger partial charge is 0.306 e. The predicted octanol–water partition coefficient (Wildman–Crippen LogP) is 0.198. The Morgan fingerprint density at radius 3 is 2.33 bits per heavy atom. The summed E-state index contributed by atoms with van der Waals surface area (Å²) in [7, 11) is 0. The van der Waals surface area contributed by atoms with Gasteiger partial charge in [-0.3, -0.25) is 4.79 Å². The molecule has 0 radical (unpaired) electrons. The summed E-state index contributed by atoms with van der Waals surface area (Å²) in [5, 5.41) is 8.41. The fourth-order valence-electron chi connectivity index (χ4n) is 1.24. The van der Waals surface area contributed by atoms with E-state index in [1.807, 2.05) is 6.92 Å². The van der Waals surface area contributed by atoms with Crippen molar-refractivity contribution in [3.8, 4) is 0 Å². The number of rotatable bonds is 1. The fourth-order valence-corrected chi connectivity index (χ4v) is 1.24. The van der Waals surface area contributed by atoms with Crippen LogP contribution in [0.2, 0.25) is 0 Å². The van der Waals surface area contributed by atoms with Gasteiger partial charge in [-0.25, -0.2) is 0 Å². The molecule has 3 nitrogen and oxygen atoms in total. The van der Waals surface area contributed by atoms with Gasteiger partial charge in [-0.05, 0) is 19.8 Å². The Labute approximate surface area is 53.9 Å². The first-order chi connectivity index (χ1) is 4.01. The third kappa shape index (κ3) is 1.21. The predicted molar refractivity (Wildman–Crippen MR) is 33.0 cm³/mol. The highest BCUT2D eigenvalue weighted by atomic mass is 16.4.